The van der Waals surface area contributed by atoms with Gasteiger partial charge in [0.2, 0.25) is 0 Å². The maximum atomic E-state index is 5.35. The van der Waals surface area contributed by atoms with Crippen LogP contribution in [0.3, 0.4) is 0 Å². The third-order valence-electron chi connectivity index (χ3n) is 4.40. The molecule has 0 aliphatic heterocycles. The molecule has 0 heterocycles. The van der Waals surface area contributed by atoms with Gasteiger partial charge in [-0.05, 0) is 30.7 Å². The molecule has 0 saturated carbocycles. The monoisotopic (exact) mass is 273 g/mol. The molecule has 1 heteroatoms. The van der Waals surface area contributed by atoms with Crippen LogP contribution in [0.4, 0.5) is 0 Å². The molecule has 3 aromatic rings. The minimum Gasteiger partial charge on any atom is -0.497 e. The molecule has 1 aliphatic carbocycles. The van der Waals surface area contributed by atoms with E-state index < -0.39 is 0 Å². The molecule has 3 aromatic carbocycles. The lowest BCUT2D eigenvalue weighted by molar-refractivity contribution is 0.415. The van der Waals surface area contributed by atoms with Gasteiger partial charge in [0.15, 0.2) is 0 Å². The topological polar surface area (TPSA) is 9.23 Å². The van der Waals surface area contributed by atoms with E-state index in [1.807, 2.05) is 6.07 Å². The highest BCUT2D eigenvalue weighted by atomic mass is 16.5. The maximum Gasteiger partial charge on any atom is 0.146 e. The number of methoxy groups -OCH3 is 1. The van der Waals surface area contributed by atoms with Gasteiger partial charge in [-0.25, -0.2) is 0 Å². The van der Waals surface area contributed by atoms with Crippen molar-refractivity contribution >= 4 is 10.8 Å². The predicted octanol–water partition coefficient (Wildman–Crippen LogP) is 4.93. The van der Waals surface area contributed by atoms with Crippen molar-refractivity contribution in [3.8, 4) is 16.9 Å². The fraction of sp³-hybridized carbons (Fsp3) is 0.150. The highest BCUT2D eigenvalue weighted by molar-refractivity contribution is 5.97. The third-order valence-corrected chi connectivity index (χ3v) is 4.40. The van der Waals surface area contributed by atoms with E-state index in [1.54, 1.807) is 7.11 Å². The molecule has 0 amide bonds. The number of hydrogen-bond donors (Lipinski definition) is 0. The summed E-state index contributed by atoms with van der Waals surface area (Å²) in [6, 6.07) is 17.3. The minimum atomic E-state index is 0.915. The Morgan fingerprint density at radius 3 is 2.76 bits per heavy atom. The van der Waals surface area contributed by atoms with E-state index in [2.05, 4.69) is 55.8 Å². The Balaban J connectivity index is 2.06. The van der Waals surface area contributed by atoms with Crippen LogP contribution < -0.4 is 4.74 Å². The van der Waals surface area contributed by atoms with E-state index in [0.717, 1.165) is 12.2 Å². The first kappa shape index (κ1) is 12.3. The highest BCUT2D eigenvalue weighted by Crippen LogP contribution is 2.41. The molecule has 0 radical (unpaired) electrons. The van der Waals surface area contributed by atoms with Gasteiger partial charge in [-0.15, -0.1) is 0 Å². The summed E-state index contributed by atoms with van der Waals surface area (Å²) in [5.74, 6) is 0.915. The summed E-state index contributed by atoms with van der Waals surface area (Å²) in [4.78, 5) is 0. The number of benzene rings is 3. The van der Waals surface area contributed by atoms with E-state index in [1.165, 1.54) is 38.6 Å². The molecule has 0 unspecified atom stereocenters. The van der Waals surface area contributed by atoms with Gasteiger partial charge in [-0.3, -0.25) is 0 Å². The molecular formula is C20H17O+. The number of hydrogen-bond acceptors (Lipinski definition) is 1. The van der Waals surface area contributed by atoms with Crippen LogP contribution in [-0.2, 0) is 6.42 Å². The van der Waals surface area contributed by atoms with Crippen LogP contribution in [-0.4, -0.2) is 7.11 Å². The zero-order valence-electron chi connectivity index (χ0n) is 12.3. The number of fused-ring (bicyclic) bond motifs is 5. The summed E-state index contributed by atoms with van der Waals surface area (Å²) in [6.45, 7) is 2.20. The fourth-order valence-corrected chi connectivity index (χ4v) is 3.41. The van der Waals surface area contributed by atoms with Crippen LogP contribution in [0.25, 0.3) is 21.9 Å². The maximum absolute atomic E-state index is 5.35. The Bertz CT molecular complexity index is 846. The van der Waals surface area contributed by atoms with Gasteiger partial charge in [0.05, 0.1) is 18.1 Å². The molecule has 1 nitrogen and oxygen atoms in total. The van der Waals surface area contributed by atoms with Gasteiger partial charge in [-0.1, -0.05) is 18.2 Å². The molecule has 0 fully saturated rings. The number of rotatable bonds is 1. The Hall–Kier alpha value is -2.41. The molecule has 102 valence electrons. The Labute approximate surface area is 125 Å². The lowest BCUT2D eigenvalue weighted by Gasteiger charge is -2.16. The predicted molar refractivity (Wildman–Crippen MR) is 87.8 cm³/mol. The molecule has 0 N–H and O–H groups in total. The molecule has 0 bridgehead atoms. The van der Waals surface area contributed by atoms with Gasteiger partial charge in [0.25, 0.3) is 0 Å². The molecule has 0 saturated heterocycles. The average molecular weight is 273 g/mol. The minimum absolute atomic E-state index is 0.915. The van der Waals surface area contributed by atoms with Gasteiger partial charge in [0.1, 0.15) is 11.3 Å². The molecule has 21 heavy (non-hydrogen) atoms. The Kier molecular flexibility index (Phi) is 2.68. The van der Waals surface area contributed by atoms with Crippen LogP contribution in [0, 0.1) is 13.3 Å². The number of ether oxygens (including phenoxy) is 1. The summed E-state index contributed by atoms with van der Waals surface area (Å²) in [6.07, 6.45) is 3.37. The zero-order valence-corrected chi connectivity index (χ0v) is 12.3. The van der Waals surface area contributed by atoms with Crippen LogP contribution in [0.5, 0.6) is 5.75 Å². The van der Waals surface area contributed by atoms with Crippen LogP contribution in [0.2, 0.25) is 0 Å². The largest absolute Gasteiger partial charge is 0.497 e. The van der Waals surface area contributed by atoms with Crippen LogP contribution in [0.15, 0.2) is 48.5 Å². The van der Waals surface area contributed by atoms with Gasteiger partial charge in [-0.2, -0.15) is 0 Å². The van der Waals surface area contributed by atoms with E-state index in [0.29, 0.717) is 0 Å². The van der Waals surface area contributed by atoms with Crippen LogP contribution >= 0.6 is 0 Å². The average Bonchev–Trinajstić information content (AvgIpc) is 2.53. The second-order valence-electron chi connectivity index (χ2n) is 5.63. The van der Waals surface area contributed by atoms with Crippen molar-refractivity contribution in [2.75, 3.05) is 7.11 Å². The lowest BCUT2D eigenvalue weighted by atomic mass is 9.81. The molecule has 0 spiro atoms. The molecular weight excluding hydrogens is 256 g/mol. The summed E-state index contributed by atoms with van der Waals surface area (Å²) in [5.41, 5.74) is 6.88. The normalized spacial score (nSPS) is 12.5. The SMILES string of the molecule is COc1ccc2c3c(c(C)cc2c1)-c1ccccc1C[CH+]3. The van der Waals surface area contributed by atoms with Crippen molar-refractivity contribution in [2.24, 2.45) is 0 Å². The zero-order chi connectivity index (χ0) is 14.4. The van der Waals surface area contributed by atoms with Gasteiger partial charge >= 0.3 is 0 Å². The van der Waals surface area contributed by atoms with Crippen molar-refractivity contribution in [1.29, 1.82) is 0 Å². The highest BCUT2D eigenvalue weighted by Gasteiger charge is 2.27. The van der Waals surface area contributed by atoms with Crippen molar-refractivity contribution < 1.29 is 4.74 Å². The van der Waals surface area contributed by atoms with Gasteiger partial charge < -0.3 is 4.74 Å². The smallest absolute Gasteiger partial charge is 0.146 e. The van der Waals surface area contributed by atoms with Crippen molar-refractivity contribution in [3.05, 3.63) is 71.6 Å². The quantitative estimate of drug-likeness (QED) is 0.571. The van der Waals surface area contributed by atoms with E-state index in [-0.39, 0.29) is 0 Å². The second-order valence-corrected chi connectivity index (χ2v) is 5.63. The standard InChI is InChI=1S/C20H17O/c1-13-11-15-12-16(21-2)8-10-17(15)19-9-7-14-5-3-4-6-18(14)20(13)19/h3-6,8-12H,7H2,1-2H3/q+1. The van der Waals surface area contributed by atoms with Crippen LogP contribution in [0.1, 0.15) is 16.7 Å². The fourth-order valence-electron chi connectivity index (χ4n) is 3.41. The van der Waals surface area contributed by atoms with Crippen molar-refractivity contribution in [3.63, 3.8) is 0 Å². The first-order chi connectivity index (χ1) is 10.3. The molecule has 1 aliphatic rings. The molecule has 4 rings (SSSR count). The second kappa shape index (κ2) is 4.56. The third kappa shape index (κ3) is 1.81. The van der Waals surface area contributed by atoms with Crippen molar-refractivity contribution in [1.82, 2.24) is 0 Å². The van der Waals surface area contributed by atoms with E-state index in [4.69, 9.17) is 4.74 Å². The Morgan fingerprint density at radius 1 is 1.05 bits per heavy atom. The van der Waals surface area contributed by atoms with Gasteiger partial charge in [0, 0.05) is 41.5 Å². The molecule has 0 aromatic heterocycles. The van der Waals surface area contributed by atoms with E-state index in [9.17, 15) is 0 Å². The summed E-state index contributed by atoms with van der Waals surface area (Å²) in [7, 11) is 1.72. The molecule has 0 atom stereocenters. The summed E-state index contributed by atoms with van der Waals surface area (Å²) in [5, 5.41) is 2.56. The van der Waals surface area contributed by atoms with E-state index >= 15 is 0 Å². The van der Waals surface area contributed by atoms with Crippen molar-refractivity contribution in [2.45, 2.75) is 13.3 Å². The Morgan fingerprint density at radius 2 is 1.90 bits per heavy atom. The first-order valence-corrected chi connectivity index (χ1v) is 7.31. The number of aryl methyl sites for hydroxylation is 1. The first-order valence-electron chi connectivity index (χ1n) is 7.31. The summed E-state index contributed by atoms with van der Waals surface area (Å²) >= 11 is 0. The summed E-state index contributed by atoms with van der Waals surface area (Å²) < 4.78 is 5.35. The lowest BCUT2D eigenvalue weighted by Crippen LogP contribution is -2.04.